The van der Waals surface area contributed by atoms with Crippen LogP contribution in [0.15, 0.2) is 48.7 Å². The smallest absolute Gasteiger partial charge is 0.261 e. The fraction of sp³-hybridized carbons (Fsp3) is 0.320. The van der Waals surface area contributed by atoms with Crippen LogP contribution in [0.4, 0.5) is 5.69 Å². The van der Waals surface area contributed by atoms with E-state index in [1.54, 1.807) is 31.4 Å². The Hall–Kier alpha value is -3.41. The molecule has 0 fully saturated rings. The number of rotatable bonds is 8. The maximum Gasteiger partial charge on any atom is 0.261 e. The summed E-state index contributed by atoms with van der Waals surface area (Å²) in [6.07, 6.45) is 4.28. The summed E-state index contributed by atoms with van der Waals surface area (Å²) in [4.78, 5) is 31.0. The first kappa shape index (κ1) is 20.8. The van der Waals surface area contributed by atoms with E-state index in [0.717, 1.165) is 41.6 Å². The number of methoxy groups -OCH3 is 1. The second kappa shape index (κ2) is 8.76. The maximum atomic E-state index is 12.5. The van der Waals surface area contributed by atoms with Gasteiger partial charge in [0.1, 0.15) is 5.75 Å². The van der Waals surface area contributed by atoms with Crippen LogP contribution in [0.5, 0.6) is 5.75 Å². The number of hydrogen-bond donors (Lipinski definition) is 1. The van der Waals surface area contributed by atoms with Gasteiger partial charge in [-0.3, -0.25) is 19.5 Å². The van der Waals surface area contributed by atoms with E-state index in [4.69, 9.17) is 4.74 Å². The summed E-state index contributed by atoms with van der Waals surface area (Å²) < 4.78 is 5.50. The van der Waals surface area contributed by atoms with E-state index in [9.17, 15) is 9.59 Å². The Labute approximate surface area is 182 Å². The number of amides is 2. The van der Waals surface area contributed by atoms with Gasteiger partial charge in [-0.2, -0.15) is 0 Å². The summed E-state index contributed by atoms with van der Waals surface area (Å²) in [5.41, 5.74) is 4.08. The van der Waals surface area contributed by atoms with Crippen molar-refractivity contribution in [2.24, 2.45) is 0 Å². The number of carbonyl (C=O) groups excluding carboxylic acids is 2. The highest BCUT2D eigenvalue weighted by Gasteiger charge is 2.34. The van der Waals surface area contributed by atoms with Crippen LogP contribution in [0.1, 0.15) is 53.0 Å². The number of ether oxygens (including phenoxy) is 1. The molecule has 31 heavy (non-hydrogen) atoms. The lowest BCUT2D eigenvalue weighted by Gasteiger charge is -2.19. The quantitative estimate of drug-likeness (QED) is 0.539. The number of carbonyl (C=O) groups is 2. The van der Waals surface area contributed by atoms with Gasteiger partial charge in [0.05, 0.1) is 29.4 Å². The average molecular weight is 418 g/mol. The third-order valence-electron chi connectivity index (χ3n) is 5.82. The van der Waals surface area contributed by atoms with Crippen LogP contribution < -0.4 is 10.1 Å². The molecule has 2 aromatic carbocycles. The number of aromatic nitrogens is 1. The summed E-state index contributed by atoms with van der Waals surface area (Å²) in [5, 5.41) is 4.63. The Morgan fingerprint density at radius 2 is 1.81 bits per heavy atom. The molecule has 2 heterocycles. The molecular formula is C25H27N3O3. The first-order chi connectivity index (χ1) is 15.0. The van der Waals surface area contributed by atoms with Crippen molar-refractivity contribution >= 4 is 28.4 Å². The number of aryl methyl sites for hydroxylation is 1. The zero-order valence-corrected chi connectivity index (χ0v) is 18.1. The van der Waals surface area contributed by atoms with E-state index in [2.05, 4.69) is 24.1 Å². The van der Waals surface area contributed by atoms with Crippen molar-refractivity contribution in [3.05, 3.63) is 65.4 Å². The zero-order chi connectivity index (χ0) is 22.0. The summed E-state index contributed by atoms with van der Waals surface area (Å²) >= 11 is 0. The summed E-state index contributed by atoms with van der Waals surface area (Å²) in [6, 6.07) is 13.2. The highest BCUT2D eigenvalue weighted by molar-refractivity contribution is 6.21. The molecule has 2 amide bonds. The van der Waals surface area contributed by atoms with Crippen molar-refractivity contribution in [1.29, 1.82) is 0 Å². The predicted molar refractivity (Wildman–Crippen MR) is 122 cm³/mol. The van der Waals surface area contributed by atoms with Gasteiger partial charge in [-0.15, -0.1) is 0 Å². The highest BCUT2D eigenvalue weighted by atomic mass is 16.5. The van der Waals surface area contributed by atoms with Crippen LogP contribution in [0.25, 0.3) is 10.9 Å². The molecule has 0 saturated carbocycles. The molecule has 6 nitrogen and oxygen atoms in total. The van der Waals surface area contributed by atoms with Gasteiger partial charge < -0.3 is 10.1 Å². The van der Waals surface area contributed by atoms with E-state index in [0.29, 0.717) is 17.7 Å². The maximum absolute atomic E-state index is 12.5. The molecule has 4 rings (SSSR count). The lowest BCUT2D eigenvalue weighted by atomic mass is 10.0. The predicted octanol–water partition coefficient (Wildman–Crippen LogP) is 4.68. The molecule has 0 spiro atoms. The largest absolute Gasteiger partial charge is 0.497 e. The van der Waals surface area contributed by atoms with Crippen molar-refractivity contribution in [2.45, 2.75) is 39.2 Å². The molecule has 160 valence electrons. The van der Waals surface area contributed by atoms with Crippen LogP contribution in [0.3, 0.4) is 0 Å². The standard InChI is InChI=1S/C25H27N3O3/c1-4-17-11-12-26-23-21(17)14-18(31-3)15-22(23)27-16(2)8-7-13-28-24(29)19-9-5-6-10-20(19)25(28)30/h5-6,9-12,14-16,27H,4,7-8,13H2,1-3H3. The Morgan fingerprint density at radius 1 is 1.10 bits per heavy atom. The molecule has 3 aromatic rings. The second-order valence-electron chi connectivity index (χ2n) is 7.89. The number of pyridine rings is 1. The molecule has 1 unspecified atom stereocenters. The van der Waals surface area contributed by atoms with Crippen LogP contribution in [0.2, 0.25) is 0 Å². The molecule has 0 aliphatic carbocycles. The number of nitrogens with one attached hydrogen (secondary N) is 1. The number of nitrogens with zero attached hydrogens (tertiary/aromatic N) is 2. The monoisotopic (exact) mass is 417 g/mol. The van der Waals surface area contributed by atoms with E-state index in [1.165, 1.54) is 10.5 Å². The van der Waals surface area contributed by atoms with Crippen LogP contribution >= 0.6 is 0 Å². The van der Waals surface area contributed by atoms with Gasteiger partial charge in [-0.25, -0.2) is 0 Å². The van der Waals surface area contributed by atoms with Gasteiger partial charge >= 0.3 is 0 Å². The van der Waals surface area contributed by atoms with Crippen molar-refractivity contribution < 1.29 is 14.3 Å². The first-order valence-corrected chi connectivity index (χ1v) is 10.7. The molecule has 0 bridgehead atoms. The number of hydrogen-bond acceptors (Lipinski definition) is 5. The molecule has 1 atom stereocenters. The van der Waals surface area contributed by atoms with Gasteiger partial charge in [0.15, 0.2) is 0 Å². The molecule has 0 radical (unpaired) electrons. The van der Waals surface area contributed by atoms with E-state index in [1.807, 2.05) is 24.4 Å². The van der Waals surface area contributed by atoms with E-state index < -0.39 is 0 Å². The lowest BCUT2D eigenvalue weighted by molar-refractivity contribution is 0.0651. The number of benzene rings is 2. The third kappa shape index (κ3) is 3.98. The highest BCUT2D eigenvalue weighted by Crippen LogP contribution is 2.31. The third-order valence-corrected chi connectivity index (χ3v) is 5.82. The Bertz CT molecular complexity index is 1110. The number of anilines is 1. The SMILES string of the molecule is CCc1ccnc2c(NC(C)CCCN3C(=O)c4ccccc4C3=O)cc(OC)cc12. The van der Waals surface area contributed by atoms with Crippen molar-refractivity contribution in [1.82, 2.24) is 9.88 Å². The Morgan fingerprint density at radius 3 is 2.45 bits per heavy atom. The molecule has 6 heteroatoms. The fourth-order valence-electron chi connectivity index (χ4n) is 4.16. The molecule has 0 saturated heterocycles. The van der Waals surface area contributed by atoms with Gasteiger partial charge in [-0.1, -0.05) is 19.1 Å². The zero-order valence-electron chi connectivity index (χ0n) is 18.1. The Kier molecular flexibility index (Phi) is 5.89. The molecule has 1 aliphatic rings. The minimum absolute atomic E-state index is 0.137. The van der Waals surface area contributed by atoms with Crippen LogP contribution in [-0.2, 0) is 6.42 Å². The summed E-state index contributed by atoms with van der Waals surface area (Å²) in [5.74, 6) is 0.392. The van der Waals surface area contributed by atoms with Gasteiger partial charge in [0.2, 0.25) is 0 Å². The topological polar surface area (TPSA) is 71.5 Å². The number of imide groups is 1. The van der Waals surface area contributed by atoms with Crippen LogP contribution in [-0.4, -0.2) is 41.4 Å². The lowest BCUT2D eigenvalue weighted by Crippen LogP contribution is -2.31. The van der Waals surface area contributed by atoms with Crippen molar-refractivity contribution in [2.75, 3.05) is 19.0 Å². The average Bonchev–Trinajstić information content (AvgIpc) is 3.03. The molecule has 1 aliphatic heterocycles. The second-order valence-corrected chi connectivity index (χ2v) is 7.89. The number of fused-ring (bicyclic) bond motifs is 2. The minimum atomic E-state index is -0.198. The first-order valence-electron chi connectivity index (χ1n) is 10.7. The minimum Gasteiger partial charge on any atom is -0.497 e. The normalized spacial score (nSPS) is 14.1. The Balaban J connectivity index is 1.43. The van der Waals surface area contributed by atoms with Crippen molar-refractivity contribution in [3.63, 3.8) is 0 Å². The molecule has 1 N–H and O–H groups in total. The fourth-order valence-corrected chi connectivity index (χ4v) is 4.16. The summed E-state index contributed by atoms with van der Waals surface area (Å²) in [6.45, 7) is 4.63. The van der Waals surface area contributed by atoms with Crippen molar-refractivity contribution in [3.8, 4) is 5.75 Å². The van der Waals surface area contributed by atoms with E-state index in [-0.39, 0.29) is 17.9 Å². The molecular weight excluding hydrogens is 390 g/mol. The van der Waals surface area contributed by atoms with Gasteiger partial charge in [-0.05, 0) is 56.0 Å². The van der Waals surface area contributed by atoms with E-state index >= 15 is 0 Å². The van der Waals surface area contributed by atoms with Gasteiger partial charge in [0, 0.05) is 30.2 Å². The van der Waals surface area contributed by atoms with Crippen LogP contribution in [0, 0.1) is 0 Å². The summed E-state index contributed by atoms with van der Waals surface area (Å²) in [7, 11) is 1.67. The molecule has 1 aromatic heterocycles. The van der Waals surface area contributed by atoms with Gasteiger partial charge in [0.25, 0.3) is 11.8 Å².